The molecule has 1 aromatic carbocycles. The molecule has 0 atom stereocenters. The van der Waals surface area contributed by atoms with Crippen LogP contribution in [0.5, 0.6) is 0 Å². The molecule has 3 aromatic heterocycles. The highest BCUT2D eigenvalue weighted by Gasteiger charge is 2.17. The highest BCUT2D eigenvalue weighted by atomic mass is 32.1. The van der Waals surface area contributed by atoms with Gasteiger partial charge in [0.1, 0.15) is 0 Å². The molecule has 0 radical (unpaired) electrons. The van der Waals surface area contributed by atoms with Crippen LogP contribution >= 0.6 is 11.3 Å². The molecule has 8 nitrogen and oxygen atoms in total. The van der Waals surface area contributed by atoms with Crippen molar-refractivity contribution in [1.29, 1.82) is 0 Å². The molecule has 0 unspecified atom stereocenters. The fourth-order valence-electron chi connectivity index (χ4n) is 2.80. The minimum Gasteiger partial charge on any atom is -0.321 e. The van der Waals surface area contributed by atoms with Crippen molar-refractivity contribution in [1.82, 2.24) is 19.7 Å². The van der Waals surface area contributed by atoms with Crippen LogP contribution in [0.25, 0.3) is 11.9 Å². The molecule has 31 heavy (non-hydrogen) atoms. The van der Waals surface area contributed by atoms with Gasteiger partial charge in [0.2, 0.25) is 11.8 Å². The summed E-state index contributed by atoms with van der Waals surface area (Å²) in [5.74, 6) is 0.205. The number of anilines is 3. The predicted molar refractivity (Wildman–Crippen MR) is 120 cm³/mol. The summed E-state index contributed by atoms with van der Waals surface area (Å²) in [6.07, 6.45) is 8.01. The van der Waals surface area contributed by atoms with E-state index >= 15 is 0 Å². The summed E-state index contributed by atoms with van der Waals surface area (Å²) < 4.78 is 1.63. The van der Waals surface area contributed by atoms with Gasteiger partial charge >= 0.3 is 0 Å². The average molecular weight is 430 g/mol. The Labute approximate surface area is 182 Å². The van der Waals surface area contributed by atoms with Crippen LogP contribution in [0.1, 0.15) is 12.6 Å². The Kier molecular flexibility index (Phi) is 5.95. The molecule has 0 saturated carbocycles. The minimum absolute atomic E-state index is 0.139. The third kappa shape index (κ3) is 4.90. The number of rotatable bonds is 6. The van der Waals surface area contributed by atoms with Crippen molar-refractivity contribution in [3.63, 3.8) is 0 Å². The quantitative estimate of drug-likeness (QED) is 0.466. The van der Waals surface area contributed by atoms with Gasteiger partial charge in [0, 0.05) is 30.8 Å². The lowest BCUT2D eigenvalue weighted by Gasteiger charge is -2.17. The maximum Gasteiger partial charge on any atom is 0.248 e. The molecule has 1 N–H and O–H groups in total. The average Bonchev–Trinajstić information content (AvgIpc) is 3.46. The lowest BCUT2D eigenvalue weighted by molar-refractivity contribution is -0.116. The van der Waals surface area contributed by atoms with E-state index in [1.54, 1.807) is 46.9 Å². The number of aromatic nitrogens is 4. The van der Waals surface area contributed by atoms with Gasteiger partial charge in [0.15, 0.2) is 10.9 Å². The SMILES string of the molecule is CC(=O)N(c1ccccc1)c1nc(/C=C/C(=O)Nc2ccc(-n3cccn3)nc2)cs1. The zero-order valence-electron chi connectivity index (χ0n) is 16.5. The van der Waals surface area contributed by atoms with E-state index in [4.69, 9.17) is 0 Å². The van der Waals surface area contributed by atoms with Crippen LogP contribution in [0.3, 0.4) is 0 Å². The molecule has 4 rings (SSSR count). The maximum atomic E-state index is 12.2. The molecule has 2 amide bonds. The van der Waals surface area contributed by atoms with E-state index in [1.165, 1.54) is 29.2 Å². The van der Waals surface area contributed by atoms with Crippen molar-refractivity contribution in [3.05, 3.63) is 84.3 Å². The van der Waals surface area contributed by atoms with Crippen LogP contribution in [0.4, 0.5) is 16.5 Å². The number of carbonyl (C=O) groups excluding carboxylic acids is 2. The number of nitrogens with zero attached hydrogens (tertiary/aromatic N) is 5. The van der Waals surface area contributed by atoms with Crippen molar-refractivity contribution in [3.8, 4) is 5.82 Å². The number of carbonyl (C=O) groups is 2. The number of benzene rings is 1. The molecular formula is C22H18N6O2S. The summed E-state index contributed by atoms with van der Waals surface area (Å²) in [5, 5.41) is 9.19. The first-order valence-corrected chi connectivity index (χ1v) is 10.2. The van der Waals surface area contributed by atoms with Gasteiger partial charge in [0.25, 0.3) is 0 Å². The number of hydrogen-bond acceptors (Lipinski definition) is 6. The van der Waals surface area contributed by atoms with Crippen molar-refractivity contribution in [2.75, 3.05) is 10.2 Å². The summed E-state index contributed by atoms with van der Waals surface area (Å²) in [5.41, 5.74) is 1.89. The number of para-hydroxylation sites is 1. The monoisotopic (exact) mass is 430 g/mol. The van der Waals surface area contributed by atoms with Crippen molar-refractivity contribution in [2.45, 2.75) is 6.92 Å². The Bertz CT molecular complexity index is 1200. The van der Waals surface area contributed by atoms with Gasteiger partial charge < -0.3 is 5.32 Å². The van der Waals surface area contributed by atoms with Gasteiger partial charge in [-0.2, -0.15) is 5.10 Å². The summed E-state index contributed by atoms with van der Waals surface area (Å²) in [4.78, 5) is 34.6. The highest BCUT2D eigenvalue weighted by Crippen LogP contribution is 2.29. The molecule has 4 aromatic rings. The van der Waals surface area contributed by atoms with Crippen LogP contribution in [0, 0.1) is 0 Å². The summed E-state index contributed by atoms with van der Waals surface area (Å²) in [6.45, 7) is 1.49. The van der Waals surface area contributed by atoms with Crippen LogP contribution in [0.15, 0.2) is 78.6 Å². The smallest absolute Gasteiger partial charge is 0.248 e. The third-order valence-corrected chi connectivity index (χ3v) is 5.03. The Morgan fingerprint density at radius 2 is 1.97 bits per heavy atom. The van der Waals surface area contributed by atoms with Crippen LogP contribution in [-0.2, 0) is 9.59 Å². The van der Waals surface area contributed by atoms with Crippen molar-refractivity contribution in [2.24, 2.45) is 0 Å². The zero-order valence-corrected chi connectivity index (χ0v) is 17.4. The molecule has 9 heteroatoms. The Hall–Kier alpha value is -4.11. The molecule has 0 saturated heterocycles. The summed E-state index contributed by atoms with van der Waals surface area (Å²) >= 11 is 1.33. The topological polar surface area (TPSA) is 93.0 Å². The minimum atomic E-state index is -0.310. The first-order valence-electron chi connectivity index (χ1n) is 9.36. The predicted octanol–water partition coefficient (Wildman–Crippen LogP) is 4.06. The van der Waals surface area contributed by atoms with Gasteiger partial charge in [-0.3, -0.25) is 14.5 Å². The van der Waals surface area contributed by atoms with E-state index in [0.717, 1.165) is 5.69 Å². The molecular weight excluding hydrogens is 412 g/mol. The van der Waals surface area contributed by atoms with Crippen molar-refractivity contribution >= 4 is 45.7 Å². The molecule has 3 heterocycles. The Morgan fingerprint density at radius 1 is 1.13 bits per heavy atom. The van der Waals surface area contributed by atoms with Gasteiger partial charge in [-0.05, 0) is 36.4 Å². The number of amides is 2. The molecule has 0 fully saturated rings. The molecule has 154 valence electrons. The number of pyridine rings is 1. The number of hydrogen-bond donors (Lipinski definition) is 1. The Morgan fingerprint density at radius 3 is 2.65 bits per heavy atom. The van der Waals surface area contributed by atoms with Crippen molar-refractivity contribution < 1.29 is 9.59 Å². The Balaban J connectivity index is 1.41. The van der Waals surface area contributed by atoms with E-state index in [2.05, 4.69) is 20.4 Å². The first-order chi connectivity index (χ1) is 15.1. The summed E-state index contributed by atoms with van der Waals surface area (Å²) in [7, 11) is 0. The second-order valence-corrected chi connectivity index (χ2v) is 7.26. The largest absolute Gasteiger partial charge is 0.321 e. The highest BCUT2D eigenvalue weighted by molar-refractivity contribution is 7.14. The van der Waals surface area contributed by atoms with Gasteiger partial charge in [0.05, 0.1) is 23.3 Å². The van der Waals surface area contributed by atoms with E-state index in [1.807, 2.05) is 36.4 Å². The molecule has 0 spiro atoms. The van der Waals surface area contributed by atoms with E-state index in [-0.39, 0.29) is 11.8 Å². The van der Waals surface area contributed by atoms with E-state index in [9.17, 15) is 9.59 Å². The number of thiazole rings is 1. The maximum absolute atomic E-state index is 12.2. The second-order valence-electron chi connectivity index (χ2n) is 6.42. The zero-order chi connectivity index (χ0) is 21.6. The fourth-order valence-corrected chi connectivity index (χ4v) is 3.66. The van der Waals surface area contributed by atoms with Crippen LogP contribution in [-0.4, -0.2) is 31.6 Å². The number of nitrogens with one attached hydrogen (secondary N) is 1. The molecule has 0 aliphatic rings. The third-order valence-electron chi connectivity index (χ3n) is 4.19. The van der Waals surface area contributed by atoms with E-state index < -0.39 is 0 Å². The normalized spacial score (nSPS) is 10.9. The summed E-state index contributed by atoms with van der Waals surface area (Å²) in [6, 6.07) is 14.6. The van der Waals surface area contributed by atoms with Crippen LogP contribution < -0.4 is 10.2 Å². The van der Waals surface area contributed by atoms with Gasteiger partial charge in [-0.25, -0.2) is 14.6 Å². The fraction of sp³-hybridized carbons (Fsp3) is 0.0455. The van der Waals surface area contributed by atoms with Gasteiger partial charge in [-0.15, -0.1) is 11.3 Å². The second kappa shape index (κ2) is 9.14. The molecule has 0 aliphatic heterocycles. The van der Waals surface area contributed by atoms with Crippen LogP contribution in [0.2, 0.25) is 0 Å². The van der Waals surface area contributed by atoms with Gasteiger partial charge in [-0.1, -0.05) is 18.2 Å². The van der Waals surface area contributed by atoms with E-state index in [0.29, 0.717) is 22.3 Å². The standard InChI is InChI=1S/C22H18N6O2S/c1-16(29)28(19-6-3-2-4-7-19)22-26-18(15-31-22)9-11-21(30)25-17-8-10-20(23-14-17)27-13-5-12-24-27/h2-15H,1H3,(H,25,30)/b11-9+. The molecule has 0 aliphatic carbocycles. The lowest BCUT2D eigenvalue weighted by Crippen LogP contribution is -2.22. The lowest BCUT2D eigenvalue weighted by atomic mass is 10.3. The first kappa shape index (κ1) is 20.2. The molecule has 0 bridgehead atoms.